The van der Waals surface area contributed by atoms with Gasteiger partial charge in [-0.1, -0.05) is 0 Å². The minimum Gasteiger partial charge on any atom is -0.263 e. The number of aryl methyl sites for hydroxylation is 2. The molecule has 0 aliphatic heterocycles. The Bertz CT molecular complexity index is 653. The van der Waals surface area contributed by atoms with Crippen molar-refractivity contribution in [3.05, 3.63) is 17.7 Å². The summed E-state index contributed by atoms with van der Waals surface area (Å²) in [7, 11) is -2.17. The fourth-order valence-electron chi connectivity index (χ4n) is 1.19. The van der Waals surface area contributed by atoms with Crippen molar-refractivity contribution in [1.29, 1.82) is 0 Å². The van der Waals surface area contributed by atoms with Crippen LogP contribution >= 0.6 is 0 Å². The van der Waals surface area contributed by atoms with E-state index in [9.17, 15) is 39.6 Å². The van der Waals surface area contributed by atoms with Crippen molar-refractivity contribution in [2.75, 3.05) is 0 Å². The summed E-state index contributed by atoms with van der Waals surface area (Å²) < 4.78 is 92.2. The van der Waals surface area contributed by atoms with Gasteiger partial charge in [-0.25, -0.2) is 13.9 Å². The maximum atomic E-state index is 11.4. The quantitative estimate of drug-likeness (QED) is 0.592. The molecule has 1 heterocycles. The molecule has 0 atom stereocenters. The van der Waals surface area contributed by atoms with Crippen LogP contribution in [0.3, 0.4) is 0 Å². The molecule has 1 aromatic rings. The van der Waals surface area contributed by atoms with Crippen LogP contribution in [0.2, 0.25) is 0 Å². The number of hydrogen-bond donors (Lipinski definition) is 1. The fraction of sp³-hybridized carbons (Fsp3) is 0.600. The summed E-state index contributed by atoms with van der Waals surface area (Å²) in [4.78, 5) is 9.81. The van der Waals surface area contributed by atoms with Crippen LogP contribution in [0.25, 0.3) is 0 Å². The van der Waals surface area contributed by atoms with E-state index in [0.29, 0.717) is 0 Å². The number of halogens is 6. The van der Waals surface area contributed by atoms with Crippen molar-refractivity contribution in [2.24, 2.45) is 14.1 Å². The Hall–Kier alpha value is -1.79. The van der Waals surface area contributed by atoms with Gasteiger partial charge < -0.3 is 0 Å². The molecule has 0 unspecified atom stereocenters. The van der Waals surface area contributed by atoms with E-state index in [0.717, 1.165) is 0 Å². The molecule has 0 saturated heterocycles. The molecule has 0 radical (unpaired) electrons. The summed E-state index contributed by atoms with van der Waals surface area (Å²) in [6, 6.07) is 0. The van der Waals surface area contributed by atoms with Crippen molar-refractivity contribution < 1.29 is 44.1 Å². The average molecular weight is 370 g/mol. The van der Waals surface area contributed by atoms with Crippen LogP contribution in [0.15, 0.2) is 6.20 Å². The Morgan fingerprint density at radius 1 is 1.17 bits per heavy atom. The lowest BCUT2D eigenvalue weighted by molar-refractivity contribution is -0.677. The van der Waals surface area contributed by atoms with E-state index in [1.807, 2.05) is 0 Å². The van der Waals surface area contributed by atoms with Crippen LogP contribution in [0, 0.1) is 13.8 Å². The summed E-state index contributed by atoms with van der Waals surface area (Å²) >= 11 is 0. The van der Waals surface area contributed by atoms with E-state index >= 15 is 0 Å². The van der Waals surface area contributed by atoms with Gasteiger partial charge in [-0.15, -0.1) is 0 Å². The van der Waals surface area contributed by atoms with Crippen molar-refractivity contribution in [3.8, 4) is 0 Å². The first-order valence-electron chi connectivity index (χ1n) is 5.69. The van der Waals surface area contributed by atoms with E-state index in [1.165, 1.54) is 11.5 Å². The fourth-order valence-corrected chi connectivity index (χ4v) is 1.67. The Morgan fingerprint density at radius 2 is 1.61 bits per heavy atom. The SMILES string of the molecule is Cc1c[n+](C)c(C)n1C.O=C(NS(=O)(=O)C(F)(F)F)C(F)(F)F. The van der Waals surface area contributed by atoms with Crippen molar-refractivity contribution in [3.63, 3.8) is 0 Å². The Balaban J connectivity index is 0.000000459. The zero-order valence-corrected chi connectivity index (χ0v) is 13.2. The lowest BCUT2D eigenvalue weighted by atomic mass is 10.5. The highest BCUT2D eigenvalue weighted by Gasteiger charge is 2.51. The largest absolute Gasteiger partial charge is 0.516 e. The first-order valence-corrected chi connectivity index (χ1v) is 7.17. The highest BCUT2D eigenvalue weighted by molar-refractivity contribution is 7.90. The van der Waals surface area contributed by atoms with Crippen LogP contribution in [-0.4, -0.2) is 30.6 Å². The van der Waals surface area contributed by atoms with Gasteiger partial charge in [0.25, 0.3) is 5.82 Å². The molecule has 6 nitrogen and oxygen atoms in total. The first kappa shape index (κ1) is 21.2. The Kier molecular flexibility index (Phi) is 6.24. The molecule has 1 rings (SSSR count). The zero-order valence-electron chi connectivity index (χ0n) is 12.4. The molecule has 1 N–H and O–H groups in total. The molecule has 1 amide bonds. The third-order valence-corrected chi connectivity index (χ3v) is 3.76. The molecule has 0 aliphatic rings. The van der Waals surface area contributed by atoms with E-state index in [1.54, 1.807) is 0 Å². The molecule has 134 valence electrons. The van der Waals surface area contributed by atoms with Gasteiger partial charge in [0.05, 0.1) is 14.1 Å². The molecule has 0 spiro atoms. The molecule has 0 bridgehead atoms. The third kappa shape index (κ3) is 5.73. The number of alkyl halides is 6. The average Bonchev–Trinajstić information content (AvgIpc) is 2.54. The second-order valence-corrected chi connectivity index (χ2v) is 6.04. The summed E-state index contributed by atoms with van der Waals surface area (Å²) in [6.07, 6.45) is -3.58. The first-order chi connectivity index (χ1) is 10.0. The number of carbonyl (C=O) groups is 1. The minimum absolute atomic E-state index is 0.181. The molecule has 23 heavy (non-hydrogen) atoms. The van der Waals surface area contributed by atoms with Gasteiger partial charge in [-0.3, -0.25) is 4.79 Å². The standard InChI is InChI=1S/C7H13N2.C3HF6NO3S/c1-6-5-8(3)7(2)9(6)4;4-2(5,6)1(11)10-14(12,13)3(7,8)9/h5H,1-4H3;(H,10,11)/q+1;. The maximum absolute atomic E-state index is 11.4. The van der Waals surface area contributed by atoms with E-state index in [2.05, 4.69) is 43.3 Å². The smallest absolute Gasteiger partial charge is 0.263 e. The van der Waals surface area contributed by atoms with Crippen LogP contribution in [-0.2, 0) is 28.9 Å². The van der Waals surface area contributed by atoms with Crippen LogP contribution in [0.1, 0.15) is 11.5 Å². The van der Waals surface area contributed by atoms with Crippen molar-refractivity contribution >= 4 is 15.9 Å². The highest BCUT2D eigenvalue weighted by Crippen LogP contribution is 2.23. The molecule has 0 aromatic carbocycles. The van der Waals surface area contributed by atoms with Gasteiger partial charge in [-0.2, -0.15) is 34.8 Å². The second-order valence-electron chi connectivity index (χ2n) is 4.37. The number of amides is 1. The lowest BCUT2D eigenvalue weighted by Gasteiger charge is -2.10. The predicted octanol–water partition coefficient (Wildman–Crippen LogP) is 0.981. The minimum atomic E-state index is -6.30. The summed E-state index contributed by atoms with van der Waals surface area (Å²) in [5.74, 6) is -1.91. The Labute approximate surface area is 127 Å². The summed E-state index contributed by atoms with van der Waals surface area (Å²) in [5.41, 5.74) is -4.66. The van der Waals surface area contributed by atoms with E-state index < -0.39 is 27.6 Å². The summed E-state index contributed by atoms with van der Waals surface area (Å²) in [5, 5.41) is 0. The number of imidazole rings is 1. The van der Waals surface area contributed by atoms with E-state index in [4.69, 9.17) is 0 Å². The van der Waals surface area contributed by atoms with Crippen molar-refractivity contribution in [1.82, 2.24) is 9.29 Å². The van der Waals surface area contributed by atoms with Gasteiger partial charge in [-0.05, 0) is 0 Å². The molecular formula is C10H14F6N3O3S+. The zero-order chi connectivity index (χ0) is 18.8. The molecular weight excluding hydrogens is 356 g/mol. The van der Waals surface area contributed by atoms with E-state index in [-0.39, 0.29) is 4.72 Å². The molecule has 13 heteroatoms. The number of carbonyl (C=O) groups excluding carboxylic acids is 1. The number of hydrogen-bond acceptors (Lipinski definition) is 3. The van der Waals surface area contributed by atoms with Gasteiger partial charge in [0.1, 0.15) is 11.9 Å². The molecule has 0 fully saturated rings. The number of sulfonamides is 1. The molecule has 1 aromatic heterocycles. The van der Waals surface area contributed by atoms with Crippen LogP contribution < -0.4 is 9.29 Å². The Morgan fingerprint density at radius 3 is 1.78 bits per heavy atom. The highest BCUT2D eigenvalue weighted by atomic mass is 32.2. The van der Waals surface area contributed by atoms with Gasteiger partial charge in [0, 0.05) is 13.8 Å². The normalized spacial score (nSPS) is 12.4. The lowest BCUT2D eigenvalue weighted by Crippen LogP contribution is -2.46. The molecule has 0 saturated carbocycles. The number of nitrogens with zero attached hydrogens (tertiary/aromatic N) is 2. The van der Waals surface area contributed by atoms with Gasteiger partial charge in [0.15, 0.2) is 0 Å². The number of aromatic nitrogens is 2. The van der Waals surface area contributed by atoms with Crippen LogP contribution in [0.5, 0.6) is 0 Å². The monoisotopic (exact) mass is 370 g/mol. The second kappa shape index (κ2) is 6.76. The molecule has 0 aliphatic carbocycles. The maximum Gasteiger partial charge on any atom is 0.516 e. The van der Waals surface area contributed by atoms with Crippen molar-refractivity contribution in [2.45, 2.75) is 25.5 Å². The predicted molar refractivity (Wildman–Crippen MR) is 65.2 cm³/mol. The topological polar surface area (TPSA) is 72.0 Å². The number of nitrogens with one attached hydrogen (secondary N) is 1. The van der Waals surface area contributed by atoms with Gasteiger partial charge in [0.2, 0.25) is 0 Å². The van der Waals surface area contributed by atoms with Crippen LogP contribution in [0.4, 0.5) is 26.3 Å². The van der Waals surface area contributed by atoms with Gasteiger partial charge >= 0.3 is 27.6 Å². The number of rotatable bonds is 1. The third-order valence-electron chi connectivity index (χ3n) is 2.69. The summed E-state index contributed by atoms with van der Waals surface area (Å²) in [6.45, 7) is 4.21.